The van der Waals surface area contributed by atoms with Crippen LogP contribution in [-0.4, -0.2) is 44.7 Å². The van der Waals surface area contributed by atoms with Crippen LogP contribution in [0, 0.1) is 0 Å². The highest BCUT2D eigenvalue weighted by Crippen LogP contribution is 2.20. The summed E-state index contributed by atoms with van der Waals surface area (Å²) in [6.07, 6.45) is 6.03. The van der Waals surface area contributed by atoms with Crippen LogP contribution in [0.3, 0.4) is 0 Å². The lowest BCUT2D eigenvalue weighted by molar-refractivity contribution is -0.155. The Morgan fingerprint density at radius 2 is 1.68 bits per heavy atom. The first-order chi connectivity index (χ1) is 12.2. The summed E-state index contributed by atoms with van der Waals surface area (Å²) < 4.78 is 0. The Hall–Kier alpha value is -3.24. The maximum absolute atomic E-state index is 12.3. The van der Waals surface area contributed by atoms with E-state index in [0.717, 1.165) is 16.8 Å². The van der Waals surface area contributed by atoms with Crippen LogP contribution in [0.5, 0.6) is 0 Å². The second-order valence-corrected chi connectivity index (χ2v) is 5.94. The summed E-state index contributed by atoms with van der Waals surface area (Å²) in [6, 6.07) is 9.85. The molecule has 124 valence electrons. The maximum Gasteiger partial charge on any atom is 0.316 e. The highest BCUT2D eigenvalue weighted by molar-refractivity contribution is 6.35. The number of hydrogen-bond acceptors (Lipinski definition) is 4. The molecule has 0 radical (unpaired) electrons. The highest BCUT2D eigenvalue weighted by Gasteiger charge is 2.35. The van der Waals surface area contributed by atoms with Gasteiger partial charge in [0.2, 0.25) is 0 Å². The second kappa shape index (κ2) is 6.34. The van der Waals surface area contributed by atoms with Crippen LogP contribution in [0.1, 0.15) is 12.2 Å². The van der Waals surface area contributed by atoms with Gasteiger partial charge in [0.05, 0.1) is 12.2 Å². The fourth-order valence-corrected chi connectivity index (χ4v) is 2.85. The SMILES string of the molecule is O=C1C(=O)N(C2=C=CC2)CCN1Cc1ncc(-c2ccccc2)cn1. The van der Waals surface area contributed by atoms with Crippen molar-refractivity contribution >= 4 is 11.8 Å². The van der Waals surface area contributed by atoms with Crippen LogP contribution in [0.25, 0.3) is 11.1 Å². The first-order valence-corrected chi connectivity index (χ1v) is 8.13. The average molecular weight is 332 g/mol. The minimum Gasteiger partial charge on any atom is -0.325 e. The highest BCUT2D eigenvalue weighted by atomic mass is 16.2. The third-order valence-corrected chi connectivity index (χ3v) is 4.34. The van der Waals surface area contributed by atoms with Crippen LogP contribution >= 0.6 is 0 Å². The number of aromatic nitrogens is 2. The molecule has 0 N–H and O–H groups in total. The number of nitrogens with zero attached hydrogens (tertiary/aromatic N) is 4. The fraction of sp³-hybridized carbons (Fsp3) is 0.211. The lowest BCUT2D eigenvalue weighted by Crippen LogP contribution is -2.53. The molecule has 1 saturated heterocycles. The first kappa shape index (κ1) is 15.3. The molecule has 2 aromatic rings. The standard InChI is InChI=1S/C19H16N4O2/c24-18-19(25)23(16-7-4-8-16)10-9-22(18)13-17-20-11-15(12-21-17)14-5-2-1-3-6-14/h1-6,11-12H,7,9-10,13H2. The van der Waals surface area contributed by atoms with E-state index >= 15 is 0 Å². The van der Waals surface area contributed by atoms with Gasteiger partial charge in [-0.05, 0) is 11.6 Å². The van der Waals surface area contributed by atoms with E-state index in [1.54, 1.807) is 12.4 Å². The normalized spacial score (nSPS) is 16.7. The number of hydrogen-bond donors (Lipinski definition) is 0. The molecule has 0 spiro atoms. The van der Waals surface area contributed by atoms with Gasteiger partial charge in [-0.2, -0.15) is 0 Å². The Bertz CT molecular complexity index is 883. The Balaban J connectivity index is 1.45. The molecule has 1 aromatic heterocycles. The number of piperazine rings is 1. The topological polar surface area (TPSA) is 66.4 Å². The summed E-state index contributed by atoms with van der Waals surface area (Å²) in [6.45, 7) is 1.20. The van der Waals surface area contributed by atoms with E-state index < -0.39 is 11.8 Å². The third-order valence-electron chi connectivity index (χ3n) is 4.34. The molecule has 1 aromatic carbocycles. The number of benzene rings is 1. The maximum atomic E-state index is 12.3. The summed E-state index contributed by atoms with van der Waals surface area (Å²) in [4.78, 5) is 36.2. The monoisotopic (exact) mass is 332 g/mol. The Morgan fingerprint density at radius 3 is 2.32 bits per heavy atom. The number of rotatable bonds is 4. The number of amides is 2. The van der Waals surface area contributed by atoms with Crippen LogP contribution in [-0.2, 0) is 16.1 Å². The molecule has 0 bridgehead atoms. The van der Waals surface area contributed by atoms with Gasteiger partial charge < -0.3 is 4.90 Å². The van der Waals surface area contributed by atoms with Gasteiger partial charge in [0.25, 0.3) is 0 Å². The van der Waals surface area contributed by atoms with Gasteiger partial charge in [0.1, 0.15) is 5.82 Å². The lowest BCUT2D eigenvalue weighted by atomic mass is 10.1. The molecule has 2 heterocycles. The van der Waals surface area contributed by atoms with Crippen molar-refractivity contribution in [1.29, 1.82) is 0 Å². The van der Waals surface area contributed by atoms with Gasteiger partial charge in [0.15, 0.2) is 0 Å². The summed E-state index contributed by atoms with van der Waals surface area (Å²) in [7, 11) is 0. The largest absolute Gasteiger partial charge is 0.325 e. The molecule has 0 atom stereocenters. The summed E-state index contributed by atoms with van der Waals surface area (Å²) in [5, 5.41) is 0. The fourth-order valence-electron chi connectivity index (χ4n) is 2.85. The third kappa shape index (κ3) is 2.95. The minimum atomic E-state index is -0.511. The number of carbonyl (C=O) groups is 2. The van der Waals surface area contributed by atoms with Crippen molar-refractivity contribution in [1.82, 2.24) is 19.8 Å². The molecule has 2 aliphatic rings. The predicted molar refractivity (Wildman–Crippen MR) is 90.8 cm³/mol. The van der Waals surface area contributed by atoms with Gasteiger partial charge >= 0.3 is 11.8 Å². The zero-order valence-corrected chi connectivity index (χ0v) is 13.6. The molecular formula is C19H16N4O2. The van der Waals surface area contributed by atoms with E-state index in [0.29, 0.717) is 25.3 Å². The molecule has 6 heteroatoms. The van der Waals surface area contributed by atoms with E-state index in [-0.39, 0.29) is 6.54 Å². The van der Waals surface area contributed by atoms with Crippen molar-refractivity contribution in [2.24, 2.45) is 0 Å². The van der Waals surface area contributed by atoms with Crippen molar-refractivity contribution in [3.8, 4) is 11.1 Å². The van der Waals surface area contributed by atoms with Gasteiger partial charge in [-0.1, -0.05) is 30.3 Å². The molecule has 1 aliphatic heterocycles. The number of carbonyl (C=O) groups excluding carboxylic acids is 2. The van der Waals surface area contributed by atoms with E-state index in [1.165, 1.54) is 9.80 Å². The molecule has 0 unspecified atom stereocenters. The zero-order valence-electron chi connectivity index (χ0n) is 13.6. The van der Waals surface area contributed by atoms with Gasteiger partial charge in [-0.3, -0.25) is 14.5 Å². The van der Waals surface area contributed by atoms with Crippen molar-refractivity contribution < 1.29 is 9.59 Å². The summed E-state index contributed by atoms with van der Waals surface area (Å²) in [5.74, 6) is -0.483. The van der Waals surface area contributed by atoms with Gasteiger partial charge in [-0.15, -0.1) is 5.73 Å². The molecular weight excluding hydrogens is 316 g/mol. The van der Waals surface area contributed by atoms with Gasteiger partial charge in [-0.25, -0.2) is 9.97 Å². The van der Waals surface area contributed by atoms with Crippen molar-refractivity contribution in [2.45, 2.75) is 13.0 Å². The molecule has 4 rings (SSSR count). The molecule has 25 heavy (non-hydrogen) atoms. The average Bonchev–Trinajstić information content (AvgIpc) is 2.61. The summed E-state index contributed by atoms with van der Waals surface area (Å²) in [5.41, 5.74) is 5.70. The Kier molecular flexibility index (Phi) is 3.88. The molecule has 0 saturated carbocycles. The van der Waals surface area contributed by atoms with Crippen LogP contribution in [0.2, 0.25) is 0 Å². The molecule has 1 aliphatic carbocycles. The zero-order chi connectivity index (χ0) is 17.2. The Labute approximate surface area is 145 Å². The van der Waals surface area contributed by atoms with E-state index in [9.17, 15) is 9.59 Å². The lowest BCUT2D eigenvalue weighted by Gasteiger charge is -2.34. The first-order valence-electron chi connectivity index (χ1n) is 8.13. The van der Waals surface area contributed by atoms with Crippen molar-refractivity contribution in [3.63, 3.8) is 0 Å². The van der Waals surface area contributed by atoms with Crippen molar-refractivity contribution in [3.05, 3.63) is 66.1 Å². The summed E-state index contributed by atoms with van der Waals surface area (Å²) >= 11 is 0. The van der Waals surface area contributed by atoms with E-state index in [1.807, 2.05) is 36.4 Å². The molecule has 2 amide bonds. The molecule has 1 fully saturated rings. The Morgan fingerprint density at radius 1 is 0.960 bits per heavy atom. The van der Waals surface area contributed by atoms with Crippen LogP contribution in [0.4, 0.5) is 0 Å². The quantitative estimate of drug-likeness (QED) is 0.632. The minimum absolute atomic E-state index is 0.238. The second-order valence-electron chi connectivity index (χ2n) is 5.94. The van der Waals surface area contributed by atoms with Crippen LogP contribution < -0.4 is 0 Å². The van der Waals surface area contributed by atoms with Gasteiger partial charge in [0, 0.05) is 37.5 Å². The predicted octanol–water partition coefficient (Wildman–Crippen LogP) is 1.76. The van der Waals surface area contributed by atoms with Crippen molar-refractivity contribution in [2.75, 3.05) is 13.1 Å². The smallest absolute Gasteiger partial charge is 0.316 e. The molecule has 6 nitrogen and oxygen atoms in total. The van der Waals surface area contributed by atoms with E-state index in [2.05, 4.69) is 15.7 Å². The van der Waals surface area contributed by atoms with Crippen LogP contribution in [0.15, 0.2) is 60.2 Å². The van der Waals surface area contributed by atoms with E-state index in [4.69, 9.17) is 0 Å².